The molecule has 176 valence electrons. The lowest BCUT2D eigenvalue weighted by Crippen LogP contribution is -2.43. The first-order valence-corrected chi connectivity index (χ1v) is 11.4. The van der Waals surface area contributed by atoms with Crippen LogP contribution in [0.3, 0.4) is 0 Å². The standard InChI is InChI=1S/C26H27ClN4O3/c1-26(2,3)34-25(32)30-20(11-17-7-5-4-6-8-17)16-33-21-13-22(24(27)28-15-21)18-9-10-23-19(12-18)14-29-31-23/h4-10,12-15,20H,11,16H2,1-3H3,(H,29,31)(H,30,32)/t20-/m0/s1. The molecule has 0 saturated carbocycles. The van der Waals surface area contributed by atoms with E-state index in [-0.39, 0.29) is 12.6 Å². The first-order chi connectivity index (χ1) is 16.3. The Morgan fingerprint density at radius 1 is 1.12 bits per heavy atom. The number of benzene rings is 2. The van der Waals surface area contributed by atoms with Crippen molar-refractivity contribution in [2.24, 2.45) is 0 Å². The number of H-pyrrole nitrogens is 1. The van der Waals surface area contributed by atoms with Crippen molar-refractivity contribution in [3.05, 3.63) is 77.7 Å². The molecule has 0 spiro atoms. The number of nitrogens with one attached hydrogen (secondary N) is 2. The van der Waals surface area contributed by atoms with Gasteiger partial charge in [0.1, 0.15) is 23.1 Å². The number of aromatic nitrogens is 3. The summed E-state index contributed by atoms with van der Waals surface area (Å²) in [5, 5.41) is 11.3. The number of hydrogen-bond acceptors (Lipinski definition) is 5. The van der Waals surface area contributed by atoms with E-state index in [1.54, 1.807) is 12.4 Å². The minimum Gasteiger partial charge on any atom is -0.490 e. The summed E-state index contributed by atoms with van der Waals surface area (Å²) in [6.07, 6.45) is 3.44. The van der Waals surface area contributed by atoms with Crippen molar-refractivity contribution >= 4 is 28.6 Å². The maximum Gasteiger partial charge on any atom is 0.408 e. The molecule has 0 bridgehead atoms. The van der Waals surface area contributed by atoms with Crippen molar-refractivity contribution in [3.63, 3.8) is 0 Å². The zero-order chi connectivity index (χ0) is 24.1. The zero-order valence-corrected chi connectivity index (χ0v) is 20.1. The van der Waals surface area contributed by atoms with Crippen LogP contribution in [0.2, 0.25) is 5.15 Å². The van der Waals surface area contributed by atoms with Crippen LogP contribution in [-0.2, 0) is 11.2 Å². The molecule has 0 unspecified atom stereocenters. The number of nitrogens with zero attached hydrogens (tertiary/aromatic N) is 2. The molecule has 4 aromatic rings. The van der Waals surface area contributed by atoms with Gasteiger partial charge in [-0.25, -0.2) is 9.78 Å². The predicted molar refractivity (Wildman–Crippen MR) is 133 cm³/mol. The number of alkyl carbamates (subject to hydrolysis) is 1. The van der Waals surface area contributed by atoms with Gasteiger partial charge in [-0.15, -0.1) is 0 Å². The van der Waals surface area contributed by atoms with Gasteiger partial charge < -0.3 is 14.8 Å². The molecule has 0 radical (unpaired) electrons. The minimum atomic E-state index is -0.590. The average molecular weight is 479 g/mol. The van der Waals surface area contributed by atoms with Crippen molar-refractivity contribution in [1.29, 1.82) is 0 Å². The molecule has 0 fully saturated rings. The van der Waals surface area contributed by atoms with Crippen molar-refractivity contribution < 1.29 is 14.3 Å². The van der Waals surface area contributed by atoms with Crippen LogP contribution in [0.25, 0.3) is 22.0 Å². The molecule has 1 atom stereocenters. The number of rotatable bonds is 7. The van der Waals surface area contributed by atoms with Gasteiger partial charge in [0.2, 0.25) is 0 Å². The molecule has 2 aromatic carbocycles. The van der Waals surface area contributed by atoms with Crippen LogP contribution in [0.1, 0.15) is 26.3 Å². The lowest BCUT2D eigenvalue weighted by atomic mass is 10.1. The number of amides is 1. The number of ether oxygens (including phenoxy) is 2. The number of hydrogen-bond donors (Lipinski definition) is 2. The predicted octanol–water partition coefficient (Wildman–Crippen LogP) is 5.79. The Labute approximate surface area is 203 Å². The second kappa shape index (κ2) is 10.1. The van der Waals surface area contributed by atoms with Crippen LogP contribution in [0, 0.1) is 0 Å². The van der Waals surface area contributed by atoms with E-state index in [0.29, 0.717) is 17.3 Å². The van der Waals surface area contributed by atoms with Gasteiger partial charge in [0.15, 0.2) is 0 Å². The van der Waals surface area contributed by atoms with Crippen LogP contribution in [0.4, 0.5) is 4.79 Å². The van der Waals surface area contributed by atoms with Gasteiger partial charge in [0.25, 0.3) is 0 Å². The summed E-state index contributed by atoms with van der Waals surface area (Å²) < 4.78 is 11.5. The van der Waals surface area contributed by atoms with E-state index >= 15 is 0 Å². The van der Waals surface area contributed by atoms with Gasteiger partial charge in [-0.05, 0) is 56.5 Å². The molecular formula is C26H27ClN4O3. The van der Waals surface area contributed by atoms with E-state index in [1.165, 1.54) is 0 Å². The van der Waals surface area contributed by atoms with Crippen LogP contribution >= 0.6 is 11.6 Å². The van der Waals surface area contributed by atoms with E-state index in [1.807, 2.05) is 75.4 Å². The van der Waals surface area contributed by atoms with Crippen molar-refractivity contribution in [2.45, 2.75) is 38.8 Å². The molecule has 0 aliphatic rings. The molecule has 2 heterocycles. The number of halogens is 1. The average Bonchev–Trinajstić information content (AvgIpc) is 3.25. The number of carbonyl (C=O) groups excluding carboxylic acids is 1. The third-order valence-corrected chi connectivity index (χ3v) is 5.36. The quantitative estimate of drug-likeness (QED) is 0.328. The summed E-state index contributed by atoms with van der Waals surface area (Å²) in [5.41, 5.74) is 3.09. The second-order valence-electron chi connectivity index (χ2n) is 9.03. The maximum absolute atomic E-state index is 12.4. The number of carbonyl (C=O) groups is 1. The third kappa shape index (κ3) is 6.26. The van der Waals surface area contributed by atoms with E-state index in [9.17, 15) is 4.79 Å². The summed E-state index contributed by atoms with van der Waals surface area (Å²) in [6, 6.07) is 17.3. The lowest BCUT2D eigenvalue weighted by Gasteiger charge is -2.24. The summed E-state index contributed by atoms with van der Waals surface area (Å²) in [6.45, 7) is 5.73. The number of fused-ring (bicyclic) bond motifs is 1. The zero-order valence-electron chi connectivity index (χ0n) is 19.3. The van der Waals surface area contributed by atoms with Gasteiger partial charge in [-0.2, -0.15) is 5.10 Å². The van der Waals surface area contributed by atoms with E-state index < -0.39 is 11.7 Å². The van der Waals surface area contributed by atoms with E-state index in [0.717, 1.165) is 27.6 Å². The molecule has 7 nitrogen and oxygen atoms in total. The summed E-state index contributed by atoms with van der Waals surface area (Å²) in [5.74, 6) is 0.552. The minimum absolute atomic E-state index is 0.234. The normalized spacial score (nSPS) is 12.4. The van der Waals surface area contributed by atoms with Gasteiger partial charge in [-0.1, -0.05) is 48.0 Å². The molecule has 2 N–H and O–H groups in total. The van der Waals surface area contributed by atoms with E-state index in [2.05, 4.69) is 20.5 Å². The summed E-state index contributed by atoms with van der Waals surface area (Å²) in [7, 11) is 0. The van der Waals surface area contributed by atoms with Gasteiger partial charge in [0, 0.05) is 10.9 Å². The molecule has 1 amide bonds. The van der Waals surface area contributed by atoms with Gasteiger partial charge >= 0.3 is 6.09 Å². The SMILES string of the molecule is CC(C)(C)OC(=O)N[C@H](COc1cnc(Cl)c(-c2ccc3[nH]ncc3c2)c1)Cc1ccccc1. The highest BCUT2D eigenvalue weighted by atomic mass is 35.5. The molecule has 0 aliphatic carbocycles. The smallest absolute Gasteiger partial charge is 0.408 e. The topological polar surface area (TPSA) is 89.1 Å². The molecule has 2 aromatic heterocycles. The maximum atomic E-state index is 12.4. The fourth-order valence-corrected chi connectivity index (χ4v) is 3.75. The van der Waals surface area contributed by atoms with Crippen molar-refractivity contribution in [3.8, 4) is 16.9 Å². The number of aromatic amines is 1. The molecule has 34 heavy (non-hydrogen) atoms. The fraction of sp³-hybridized carbons (Fsp3) is 0.269. The second-order valence-corrected chi connectivity index (χ2v) is 9.38. The Kier molecular flexibility index (Phi) is 7.03. The highest BCUT2D eigenvalue weighted by Crippen LogP contribution is 2.31. The molecule has 0 saturated heterocycles. The van der Waals surface area contributed by atoms with Crippen LogP contribution in [-0.4, -0.2) is 39.5 Å². The van der Waals surface area contributed by atoms with Crippen molar-refractivity contribution in [2.75, 3.05) is 6.61 Å². The van der Waals surface area contributed by atoms with Crippen molar-refractivity contribution in [1.82, 2.24) is 20.5 Å². The summed E-state index contributed by atoms with van der Waals surface area (Å²) in [4.78, 5) is 16.7. The molecule has 4 rings (SSSR count). The number of pyridine rings is 1. The van der Waals surface area contributed by atoms with Crippen LogP contribution in [0.15, 0.2) is 67.0 Å². The van der Waals surface area contributed by atoms with Crippen LogP contribution < -0.4 is 10.1 Å². The first-order valence-electron chi connectivity index (χ1n) is 11.0. The molecule has 8 heteroatoms. The Balaban J connectivity index is 1.50. The highest BCUT2D eigenvalue weighted by Gasteiger charge is 2.21. The summed E-state index contributed by atoms with van der Waals surface area (Å²) >= 11 is 6.39. The Hall–Kier alpha value is -3.58. The Bertz CT molecular complexity index is 1270. The van der Waals surface area contributed by atoms with Gasteiger partial charge in [0.05, 0.1) is 24.0 Å². The lowest BCUT2D eigenvalue weighted by molar-refractivity contribution is 0.0487. The van der Waals surface area contributed by atoms with Gasteiger partial charge in [-0.3, -0.25) is 5.10 Å². The van der Waals surface area contributed by atoms with E-state index in [4.69, 9.17) is 21.1 Å². The third-order valence-electron chi connectivity index (χ3n) is 5.06. The Morgan fingerprint density at radius 3 is 2.68 bits per heavy atom. The monoisotopic (exact) mass is 478 g/mol. The first kappa shape index (κ1) is 23.6. The molecule has 0 aliphatic heterocycles. The highest BCUT2D eigenvalue weighted by molar-refractivity contribution is 6.32. The molecular weight excluding hydrogens is 452 g/mol. The fourth-order valence-electron chi connectivity index (χ4n) is 3.54. The largest absolute Gasteiger partial charge is 0.490 e. The Morgan fingerprint density at radius 2 is 1.91 bits per heavy atom. The van der Waals surface area contributed by atoms with Crippen LogP contribution in [0.5, 0.6) is 5.75 Å².